The molecule has 1 aliphatic rings. The minimum Gasteiger partial charge on any atom is -0.324 e. The van der Waals surface area contributed by atoms with Crippen LogP contribution in [-0.2, 0) is 0 Å². The first-order valence-electron chi connectivity index (χ1n) is 5.04. The third-order valence-electron chi connectivity index (χ3n) is 2.19. The summed E-state index contributed by atoms with van der Waals surface area (Å²) in [5.41, 5.74) is 6.18. The molecule has 0 amide bonds. The fourth-order valence-electron chi connectivity index (χ4n) is 1.38. The summed E-state index contributed by atoms with van der Waals surface area (Å²) in [5, 5.41) is 2.43. The molecule has 0 aromatic heterocycles. The third-order valence-corrected chi connectivity index (χ3v) is 2.47. The first-order chi connectivity index (χ1) is 8.58. The van der Waals surface area contributed by atoms with E-state index in [9.17, 15) is 8.78 Å². The second-order valence-corrected chi connectivity index (χ2v) is 3.76. The number of nitrogens with zero attached hydrogens (tertiary/aromatic N) is 3. The molecule has 1 atom stereocenters. The van der Waals surface area contributed by atoms with Gasteiger partial charge in [-0.25, -0.2) is 4.99 Å². The summed E-state index contributed by atoms with van der Waals surface area (Å²) in [5.74, 6) is 0.0931. The molecule has 0 saturated carbocycles. The maximum absolute atomic E-state index is 12.6. The standard InChI is InChI=1S/C10H10ClF2N5/c11-7-16-10(15-6-4-2-1-3-5-6)17-9(14)18(7)8(12)13/h1-5,8-9H,14H2,(H,15,17). The lowest BCUT2D eigenvalue weighted by Gasteiger charge is -2.28. The molecule has 18 heavy (non-hydrogen) atoms. The number of nitrogens with two attached hydrogens (primary N) is 1. The summed E-state index contributed by atoms with van der Waals surface area (Å²) in [7, 11) is 0. The Balaban J connectivity index is 2.15. The van der Waals surface area contributed by atoms with Crippen molar-refractivity contribution in [2.45, 2.75) is 12.8 Å². The van der Waals surface area contributed by atoms with Crippen molar-refractivity contribution in [2.24, 2.45) is 15.7 Å². The van der Waals surface area contributed by atoms with Crippen LogP contribution in [0.3, 0.4) is 0 Å². The molecule has 1 aromatic carbocycles. The number of benzene rings is 1. The number of amidine groups is 1. The smallest absolute Gasteiger partial charge is 0.319 e. The van der Waals surface area contributed by atoms with Gasteiger partial charge in [0, 0.05) is 5.69 Å². The van der Waals surface area contributed by atoms with Gasteiger partial charge in [-0.1, -0.05) is 18.2 Å². The highest BCUT2D eigenvalue weighted by Crippen LogP contribution is 2.16. The average molecular weight is 274 g/mol. The fourth-order valence-corrected chi connectivity index (χ4v) is 1.63. The predicted molar refractivity (Wildman–Crippen MR) is 66.6 cm³/mol. The summed E-state index contributed by atoms with van der Waals surface area (Å²) in [6.45, 7) is -2.85. The van der Waals surface area contributed by atoms with Crippen LogP contribution in [0.1, 0.15) is 0 Å². The van der Waals surface area contributed by atoms with Crippen molar-refractivity contribution in [2.75, 3.05) is 5.32 Å². The zero-order valence-electron chi connectivity index (χ0n) is 9.09. The fraction of sp³-hybridized carbons (Fsp3) is 0.200. The molecule has 3 N–H and O–H groups in total. The van der Waals surface area contributed by atoms with Gasteiger partial charge in [-0.05, 0) is 23.7 Å². The van der Waals surface area contributed by atoms with E-state index in [1.807, 2.05) is 18.2 Å². The molecule has 1 heterocycles. The number of hydrogen-bond donors (Lipinski definition) is 2. The summed E-state index contributed by atoms with van der Waals surface area (Å²) >= 11 is 5.63. The topological polar surface area (TPSA) is 66.0 Å². The minimum atomic E-state index is -2.85. The Kier molecular flexibility index (Phi) is 3.73. The molecular weight excluding hydrogens is 264 g/mol. The van der Waals surface area contributed by atoms with Crippen molar-refractivity contribution in [3.8, 4) is 0 Å². The maximum Gasteiger partial charge on any atom is 0.319 e. The highest BCUT2D eigenvalue weighted by atomic mass is 35.5. The van der Waals surface area contributed by atoms with E-state index in [2.05, 4.69) is 15.3 Å². The van der Waals surface area contributed by atoms with Gasteiger partial charge in [0.15, 0.2) is 6.29 Å². The Bertz CT molecular complexity index is 476. The van der Waals surface area contributed by atoms with Crippen LogP contribution >= 0.6 is 11.6 Å². The van der Waals surface area contributed by atoms with Crippen molar-refractivity contribution in [1.82, 2.24) is 4.90 Å². The Labute approximate surface area is 107 Å². The number of aliphatic imine (C=N–C) groups is 2. The lowest BCUT2D eigenvalue weighted by Crippen LogP contribution is -2.49. The molecule has 0 bridgehead atoms. The molecule has 1 aliphatic heterocycles. The van der Waals surface area contributed by atoms with Gasteiger partial charge >= 0.3 is 6.55 Å². The molecule has 2 rings (SSSR count). The van der Waals surface area contributed by atoms with Gasteiger partial charge in [-0.3, -0.25) is 10.6 Å². The second-order valence-electron chi connectivity index (χ2n) is 3.42. The predicted octanol–water partition coefficient (Wildman–Crippen LogP) is 1.83. The Morgan fingerprint density at radius 3 is 2.56 bits per heavy atom. The van der Waals surface area contributed by atoms with Gasteiger partial charge in [-0.15, -0.1) is 0 Å². The number of alkyl halides is 2. The van der Waals surface area contributed by atoms with Gasteiger partial charge in [0.1, 0.15) is 0 Å². The lowest BCUT2D eigenvalue weighted by atomic mass is 10.3. The van der Waals surface area contributed by atoms with Gasteiger partial charge in [0.2, 0.25) is 11.3 Å². The zero-order chi connectivity index (χ0) is 13.1. The number of guanidine groups is 1. The van der Waals surface area contributed by atoms with E-state index in [1.54, 1.807) is 12.1 Å². The highest BCUT2D eigenvalue weighted by Gasteiger charge is 2.29. The normalized spacial score (nSPS) is 19.6. The third kappa shape index (κ3) is 2.74. The Morgan fingerprint density at radius 2 is 2.00 bits per heavy atom. The number of halogens is 3. The Morgan fingerprint density at radius 1 is 1.33 bits per heavy atom. The molecule has 8 heteroatoms. The molecule has 1 unspecified atom stereocenters. The molecule has 0 aliphatic carbocycles. The van der Waals surface area contributed by atoms with Gasteiger partial charge in [0.25, 0.3) is 0 Å². The van der Waals surface area contributed by atoms with Crippen LogP contribution in [0.4, 0.5) is 14.5 Å². The number of para-hydroxylation sites is 1. The summed E-state index contributed by atoms with van der Waals surface area (Å²) in [6, 6.07) is 9.01. The molecule has 0 fully saturated rings. The zero-order valence-corrected chi connectivity index (χ0v) is 9.85. The van der Waals surface area contributed by atoms with Crippen LogP contribution in [0.5, 0.6) is 0 Å². The SMILES string of the molecule is NC1N=C(Nc2ccccc2)N=C(Cl)N1C(F)F. The summed E-state index contributed by atoms with van der Waals surface area (Å²) in [6.07, 6.45) is -1.26. The lowest BCUT2D eigenvalue weighted by molar-refractivity contribution is 0.00111. The van der Waals surface area contributed by atoms with Gasteiger partial charge in [0.05, 0.1) is 0 Å². The quantitative estimate of drug-likeness (QED) is 0.808. The van der Waals surface area contributed by atoms with E-state index in [-0.39, 0.29) is 5.96 Å². The molecule has 5 nitrogen and oxygen atoms in total. The van der Waals surface area contributed by atoms with Crippen molar-refractivity contribution >= 4 is 28.5 Å². The highest BCUT2D eigenvalue weighted by molar-refractivity contribution is 6.65. The van der Waals surface area contributed by atoms with E-state index in [0.717, 1.165) is 0 Å². The molecule has 0 radical (unpaired) electrons. The molecule has 0 spiro atoms. The Hall–Kier alpha value is -1.73. The summed E-state index contributed by atoms with van der Waals surface area (Å²) in [4.78, 5) is 7.92. The molecular formula is C10H10ClF2N5. The van der Waals surface area contributed by atoms with Crippen LogP contribution < -0.4 is 11.1 Å². The van der Waals surface area contributed by atoms with E-state index >= 15 is 0 Å². The van der Waals surface area contributed by atoms with Crippen LogP contribution in [0, 0.1) is 0 Å². The van der Waals surface area contributed by atoms with Crippen LogP contribution in [0.15, 0.2) is 40.3 Å². The van der Waals surface area contributed by atoms with Crippen LogP contribution in [0.2, 0.25) is 0 Å². The number of nitrogens with one attached hydrogen (secondary N) is 1. The number of hydrogen-bond acceptors (Lipinski definition) is 5. The first kappa shape index (κ1) is 12.7. The molecule has 0 saturated heterocycles. The monoisotopic (exact) mass is 273 g/mol. The van der Waals surface area contributed by atoms with Crippen molar-refractivity contribution in [3.63, 3.8) is 0 Å². The van der Waals surface area contributed by atoms with E-state index < -0.39 is 18.1 Å². The first-order valence-corrected chi connectivity index (χ1v) is 5.42. The van der Waals surface area contributed by atoms with E-state index in [4.69, 9.17) is 17.3 Å². The maximum atomic E-state index is 12.6. The summed E-state index contributed by atoms with van der Waals surface area (Å²) < 4.78 is 25.1. The van der Waals surface area contributed by atoms with Crippen molar-refractivity contribution in [3.05, 3.63) is 30.3 Å². The molecule has 96 valence electrons. The van der Waals surface area contributed by atoms with Crippen molar-refractivity contribution < 1.29 is 8.78 Å². The number of anilines is 1. The van der Waals surface area contributed by atoms with Crippen LogP contribution in [0.25, 0.3) is 0 Å². The van der Waals surface area contributed by atoms with E-state index in [1.165, 1.54) is 0 Å². The van der Waals surface area contributed by atoms with Crippen molar-refractivity contribution in [1.29, 1.82) is 0 Å². The largest absolute Gasteiger partial charge is 0.324 e. The van der Waals surface area contributed by atoms with Gasteiger partial charge in [-0.2, -0.15) is 13.8 Å². The van der Waals surface area contributed by atoms with Crippen LogP contribution in [-0.4, -0.2) is 29.0 Å². The average Bonchev–Trinajstić information content (AvgIpc) is 2.28. The van der Waals surface area contributed by atoms with Gasteiger partial charge < -0.3 is 5.32 Å². The number of rotatable bonds is 2. The second kappa shape index (κ2) is 5.28. The minimum absolute atomic E-state index is 0.0931. The molecule has 1 aromatic rings. The van der Waals surface area contributed by atoms with E-state index in [0.29, 0.717) is 10.6 Å².